The summed E-state index contributed by atoms with van der Waals surface area (Å²) in [5.41, 5.74) is 0.291. The van der Waals surface area contributed by atoms with Gasteiger partial charge >= 0.3 is 0 Å². The van der Waals surface area contributed by atoms with Gasteiger partial charge in [-0.2, -0.15) is 5.10 Å². The van der Waals surface area contributed by atoms with Gasteiger partial charge in [-0.15, -0.1) is 0 Å². The van der Waals surface area contributed by atoms with Crippen LogP contribution in [0.25, 0.3) is 0 Å². The SMILES string of the molecule is CCCOCc1[nH]ncc1C(F)F. The fourth-order valence-corrected chi connectivity index (χ4v) is 0.944. The molecule has 0 aromatic carbocycles. The largest absolute Gasteiger partial charge is 0.375 e. The van der Waals surface area contributed by atoms with E-state index < -0.39 is 6.43 Å². The number of aromatic nitrogens is 2. The first-order valence-electron chi connectivity index (χ1n) is 4.13. The van der Waals surface area contributed by atoms with Gasteiger partial charge in [0.1, 0.15) is 0 Å². The quantitative estimate of drug-likeness (QED) is 0.723. The number of alkyl halides is 2. The van der Waals surface area contributed by atoms with Crippen LogP contribution in [0.2, 0.25) is 0 Å². The number of nitrogens with zero attached hydrogens (tertiary/aromatic N) is 1. The molecule has 0 spiro atoms. The van der Waals surface area contributed by atoms with Gasteiger partial charge in [0.2, 0.25) is 0 Å². The molecule has 0 unspecified atom stereocenters. The average Bonchev–Trinajstić information content (AvgIpc) is 2.53. The van der Waals surface area contributed by atoms with E-state index in [-0.39, 0.29) is 12.2 Å². The summed E-state index contributed by atoms with van der Waals surface area (Å²) >= 11 is 0. The van der Waals surface area contributed by atoms with Gasteiger partial charge in [-0.05, 0) is 6.42 Å². The number of halogens is 2. The molecule has 0 radical (unpaired) electrons. The fraction of sp³-hybridized carbons (Fsp3) is 0.625. The summed E-state index contributed by atoms with van der Waals surface area (Å²) in [6.07, 6.45) is -0.480. The van der Waals surface area contributed by atoms with Crippen molar-refractivity contribution >= 4 is 0 Å². The van der Waals surface area contributed by atoms with Gasteiger partial charge in [-0.25, -0.2) is 8.78 Å². The van der Waals surface area contributed by atoms with Crippen molar-refractivity contribution in [1.82, 2.24) is 10.2 Å². The van der Waals surface area contributed by atoms with Crippen molar-refractivity contribution in [2.24, 2.45) is 0 Å². The van der Waals surface area contributed by atoms with Gasteiger partial charge < -0.3 is 4.74 Å². The first-order chi connectivity index (χ1) is 6.25. The third-order valence-corrected chi connectivity index (χ3v) is 1.58. The smallest absolute Gasteiger partial charge is 0.267 e. The van der Waals surface area contributed by atoms with Crippen LogP contribution in [0.1, 0.15) is 31.0 Å². The standard InChI is InChI=1S/C8H12F2N2O/c1-2-3-13-5-7-6(8(9)10)4-11-12-7/h4,8H,2-3,5H2,1H3,(H,11,12). The number of nitrogens with one attached hydrogen (secondary N) is 1. The van der Waals surface area contributed by atoms with Crippen LogP contribution in [0.3, 0.4) is 0 Å². The molecule has 5 heteroatoms. The molecule has 1 heterocycles. The second-order valence-electron chi connectivity index (χ2n) is 2.66. The van der Waals surface area contributed by atoms with Crippen molar-refractivity contribution < 1.29 is 13.5 Å². The summed E-state index contributed by atoms with van der Waals surface area (Å²) < 4.78 is 29.6. The van der Waals surface area contributed by atoms with Crippen LogP contribution in [-0.2, 0) is 11.3 Å². The van der Waals surface area contributed by atoms with Gasteiger partial charge in [0.25, 0.3) is 6.43 Å². The maximum Gasteiger partial charge on any atom is 0.267 e. The summed E-state index contributed by atoms with van der Waals surface area (Å²) in [6.45, 7) is 2.70. The molecule has 3 nitrogen and oxygen atoms in total. The second-order valence-corrected chi connectivity index (χ2v) is 2.66. The molecule has 0 atom stereocenters. The normalized spacial score (nSPS) is 11.1. The van der Waals surface area contributed by atoms with E-state index in [1.54, 1.807) is 0 Å². The van der Waals surface area contributed by atoms with Crippen molar-refractivity contribution in [2.45, 2.75) is 26.4 Å². The van der Waals surface area contributed by atoms with Crippen LogP contribution in [0.4, 0.5) is 8.78 Å². The highest BCUT2D eigenvalue weighted by atomic mass is 19.3. The van der Waals surface area contributed by atoms with Crippen molar-refractivity contribution in [3.63, 3.8) is 0 Å². The average molecular weight is 190 g/mol. The zero-order valence-electron chi connectivity index (χ0n) is 7.39. The minimum absolute atomic E-state index is 0.0731. The Balaban J connectivity index is 2.50. The van der Waals surface area contributed by atoms with Gasteiger partial charge in [0, 0.05) is 6.61 Å². The molecule has 0 saturated carbocycles. The molecule has 74 valence electrons. The molecular formula is C8H12F2N2O. The third-order valence-electron chi connectivity index (χ3n) is 1.58. The van der Waals surface area contributed by atoms with E-state index >= 15 is 0 Å². The molecule has 0 aliphatic heterocycles. The van der Waals surface area contributed by atoms with Crippen LogP contribution in [0, 0.1) is 0 Å². The number of rotatable bonds is 5. The fourth-order valence-electron chi connectivity index (χ4n) is 0.944. The number of aromatic amines is 1. The first kappa shape index (κ1) is 10.1. The van der Waals surface area contributed by atoms with Gasteiger partial charge in [0.15, 0.2) is 0 Å². The number of ether oxygens (including phenoxy) is 1. The lowest BCUT2D eigenvalue weighted by atomic mass is 10.3. The lowest BCUT2D eigenvalue weighted by Gasteiger charge is -2.02. The number of hydrogen-bond donors (Lipinski definition) is 1. The zero-order chi connectivity index (χ0) is 9.68. The molecule has 0 fully saturated rings. The molecule has 0 aliphatic carbocycles. The summed E-state index contributed by atoms with van der Waals surface area (Å²) in [5, 5.41) is 6.03. The first-order valence-corrected chi connectivity index (χ1v) is 4.13. The van der Waals surface area contributed by atoms with Crippen molar-refractivity contribution in [2.75, 3.05) is 6.61 Å². The summed E-state index contributed by atoms with van der Waals surface area (Å²) in [6, 6.07) is 0. The highest BCUT2D eigenvalue weighted by Gasteiger charge is 2.14. The molecule has 0 amide bonds. The number of hydrogen-bond acceptors (Lipinski definition) is 2. The minimum atomic E-state index is -2.49. The molecule has 0 saturated heterocycles. The van der Waals surface area contributed by atoms with Crippen LogP contribution in [0.15, 0.2) is 6.20 Å². The zero-order valence-corrected chi connectivity index (χ0v) is 7.39. The van der Waals surface area contributed by atoms with E-state index in [1.165, 1.54) is 0 Å². The summed E-state index contributed by atoms with van der Waals surface area (Å²) in [4.78, 5) is 0. The Kier molecular flexibility index (Phi) is 3.82. The van der Waals surface area contributed by atoms with Gasteiger partial charge in [-0.3, -0.25) is 5.10 Å². The van der Waals surface area contributed by atoms with E-state index in [0.29, 0.717) is 12.3 Å². The third kappa shape index (κ3) is 2.77. The lowest BCUT2D eigenvalue weighted by Crippen LogP contribution is -1.98. The molecular weight excluding hydrogens is 178 g/mol. The molecule has 13 heavy (non-hydrogen) atoms. The molecule has 1 aromatic heterocycles. The Morgan fingerprint density at radius 1 is 1.62 bits per heavy atom. The van der Waals surface area contributed by atoms with Crippen LogP contribution < -0.4 is 0 Å². The van der Waals surface area contributed by atoms with Crippen LogP contribution >= 0.6 is 0 Å². The molecule has 1 aromatic rings. The highest BCUT2D eigenvalue weighted by molar-refractivity contribution is 5.16. The van der Waals surface area contributed by atoms with E-state index in [2.05, 4.69) is 10.2 Å². The van der Waals surface area contributed by atoms with Gasteiger partial charge in [-0.1, -0.05) is 6.92 Å². The maximum absolute atomic E-state index is 12.3. The van der Waals surface area contributed by atoms with E-state index in [0.717, 1.165) is 12.6 Å². The predicted molar refractivity (Wildman–Crippen MR) is 43.5 cm³/mol. The van der Waals surface area contributed by atoms with E-state index in [1.807, 2.05) is 6.92 Å². The van der Waals surface area contributed by atoms with E-state index in [4.69, 9.17) is 4.74 Å². The summed E-state index contributed by atoms with van der Waals surface area (Å²) in [5.74, 6) is 0. The van der Waals surface area contributed by atoms with E-state index in [9.17, 15) is 8.78 Å². The Bertz CT molecular complexity index is 250. The molecule has 0 aliphatic rings. The van der Waals surface area contributed by atoms with Crippen molar-refractivity contribution in [1.29, 1.82) is 0 Å². The Labute approximate surface area is 75.1 Å². The Hall–Kier alpha value is -0.970. The highest BCUT2D eigenvalue weighted by Crippen LogP contribution is 2.21. The second kappa shape index (κ2) is 4.91. The van der Waals surface area contributed by atoms with Crippen molar-refractivity contribution in [3.05, 3.63) is 17.5 Å². The Morgan fingerprint density at radius 3 is 3.00 bits per heavy atom. The van der Waals surface area contributed by atoms with Crippen LogP contribution in [0.5, 0.6) is 0 Å². The van der Waals surface area contributed by atoms with Crippen LogP contribution in [-0.4, -0.2) is 16.8 Å². The molecule has 1 rings (SSSR count). The van der Waals surface area contributed by atoms with Gasteiger partial charge in [0.05, 0.1) is 24.1 Å². The Morgan fingerprint density at radius 2 is 2.38 bits per heavy atom. The molecule has 0 bridgehead atoms. The lowest BCUT2D eigenvalue weighted by molar-refractivity contribution is 0.110. The summed E-state index contributed by atoms with van der Waals surface area (Å²) in [7, 11) is 0. The minimum Gasteiger partial charge on any atom is -0.375 e. The monoisotopic (exact) mass is 190 g/mol. The topological polar surface area (TPSA) is 37.9 Å². The molecule has 1 N–H and O–H groups in total. The van der Waals surface area contributed by atoms with Crippen molar-refractivity contribution in [3.8, 4) is 0 Å². The maximum atomic E-state index is 12.3. The number of H-pyrrole nitrogens is 1. The predicted octanol–water partition coefficient (Wildman–Crippen LogP) is 2.27.